The molecule has 0 saturated heterocycles. The van der Waals surface area contributed by atoms with Crippen molar-refractivity contribution in [2.45, 2.75) is 58.0 Å². The Balaban J connectivity index is 1.61. The zero-order valence-electron chi connectivity index (χ0n) is 20.9. The highest BCUT2D eigenvalue weighted by molar-refractivity contribution is 7.89. The van der Waals surface area contributed by atoms with Gasteiger partial charge in [-0.2, -0.15) is 4.31 Å². The van der Waals surface area contributed by atoms with Crippen molar-refractivity contribution in [2.24, 2.45) is 5.92 Å². The lowest BCUT2D eigenvalue weighted by Crippen LogP contribution is -2.33. The SMILES string of the molecule is CCc1cncc(C(CC(C)C)N(C)S(=O)(=O)c2ccc(Cn3c(C)nc4cnccc43)cc2)n1. The van der Waals surface area contributed by atoms with Crippen LogP contribution in [0.3, 0.4) is 0 Å². The molecule has 3 heterocycles. The molecule has 3 aromatic heterocycles. The molecule has 0 aliphatic heterocycles. The van der Waals surface area contributed by atoms with Gasteiger partial charge in [0.1, 0.15) is 11.3 Å². The molecule has 0 saturated carbocycles. The summed E-state index contributed by atoms with van der Waals surface area (Å²) in [5.74, 6) is 1.17. The van der Waals surface area contributed by atoms with Gasteiger partial charge in [0.05, 0.1) is 40.2 Å². The Labute approximate surface area is 207 Å². The maximum Gasteiger partial charge on any atom is 0.243 e. The molecule has 0 aliphatic rings. The number of imidazole rings is 1. The second-order valence-corrected chi connectivity index (χ2v) is 11.2. The molecular formula is C26H32N6O2S. The minimum atomic E-state index is -3.74. The van der Waals surface area contributed by atoms with Gasteiger partial charge in [0.15, 0.2) is 0 Å². The molecule has 0 amide bonds. The van der Waals surface area contributed by atoms with Crippen molar-refractivity contribution in [3.8, 4) is 0 Å². The van der Waals surface area contributed by atoms with Crippen molar-refractivity contribution < 1.29 is 8.42 Å². The number of pyridine rings is 1. The first-order valence-corrected chi connectivity index (χ1v) is 13.3. The van der Waals surface area contributed by atoms with E-state index in [9.17, 15) is 8.42 Å². The first-order chi connectivity index (χ1) is 16.7. The van der Waals surface area contributed by atoms with Gasteiger partial charge >= 0.3 is 0 Å². The molecule has 0 spiro atoms. The maximum absolute atomic E-state index is 13.6. The first kappa shape index (κ1) is 24.9. The van der Waals surface area contributed by atoms with Gasteiger partial charge < -0.3 is 4.57 Å². The summed E-state index contributed by atoms with van der Waals surface area (Å²) >= 11 is 0. The quantitative estimate of drug-likeness (QED) is 0.340. The Hall–Kier alpha value is -3.17. The Bertz CT molecular complexity index is 1410. The smallest absolute Gasteiger partial charge is 0.243 e. The number of aromatic nitrogens is 5. The summed E-state index contributed by atoms with van der Waals surface area (Å²) in [6.07, 6.45) is 8.30. The molecular weight excluding hydrogens is 460 g/mol. The lowest BCUT2D eigenvalue weighted by atomic mass is 10.0. The van der Waals surface area contributed by atoms with Gasteiger partial charge in [0.2, 0.25) is 10.0 Å². The number of fused-ring (bicyclic) bond motifs is 1. The van der Waals surface area contributed by atoms with Crippen LogP contribution < -0.4 is 0 Å². The van der Waals surface area contributed by atoms with Crippen molar-refractivity contribution in [3.63, 3.8) is 0 Å². The molecule has 0 N–H and O–H groups in total. The molecule has 1 atom stereocenters. The van der Waals surface area contributed by atoms with Crippen LogP contribution in [0.25, 0.3) is 11.0 Å². The number of nitrogens with zero attached hydrogens (tertiary/aromatic N) is 6. The number of hydrogen-bond acceptors (Lipinski definition) is 6. The Morgan fingerprint density at radius 1 is 1.00 bits per heavy atom. The molecule has 1 aromatic carbocycles. The summed E-state index contributed by atoms with van der Waals surface area (Å²) in [7, 11) is -2.10. The Kier molecular flexibility index (Phi) is 7.28. The average molecular weight is 493 g/mol. The van der Waals surface area contributed by atoms with Gasteiger partial charge in [-0.05, 0) is 49.4 Å². The standard InChI is InChI=1S/C26H32N6O2S/c1-6-21-14-28-16-24(30-21)26(13-18(2)3)31(5)35(33,34)22-9-7-20(8-10-22)17-32-19(4)29-23-15-27-12-11-25(23)32/h7-12,14-16,18,26H,6,13,17H2,1-5H3. The van der Waals surface area contributed by atoms with E-state index in [2.05, 4.69) is 38.4 Å². The summed E-state index contributed by atoms with van der Waals surface area (Å²) in [6.45, 7) is 8.73. The minimum Gasteiger partial charge on any atom is -0.324 e. The molecule has 1 unspecified atom stereocenters. The van der Waals surface area contributed by atoms with Crippen LogP contribution >= 0.6 is 0 Å². The van der Waals surface area contributed by atoms with E-state index in [-0.39, 0.29) is 10.8 Å². The zero-order chi connectivity index (χ0) is 25.2. The monoisotopic (exact) mass is 492 g/mol. The highest BCUT2D eigenvalue weighted by Gasteiger charge is 2.31. The summed E-state index contributed by atoms with van der Waals surface area (Å²) in [6, 6.07) is 8.63. The van der Waals surface area contributed by atoms with Crippen molar-refractivity contribution in [1.82, 2.24) is 28.8 Å². The molecule has 0 aliphatic carbocycles. The van der Waals surface area contributed by atoms with Crippen molar-refractivity contribution in [3.05, 3.63) is 77.9 Å². The number of aryl methyl sites for hydroxylation is 2. The van der Waals surface area contributed by atoms with E-state index in [0.29, 0.717) is 18.7 Å². The van der Waals surface area contributed by atoms with Crippen LogP contribution in [0.1, 0.15) is 56.0 Å². The number of sulfonamides is 1. The lowest BCUT2D eigenvalue weighted by molar-refractivity contribution is 0.317. The van der Waals surface area contributed by atoms with E-state index in [0.717, 1.165) is 34.5 Å². The highest BCUT2D eigenvalue weighted by Crippen LogP contribution is 2.30. The predicted molar refractivity (Wildman–Crippen MR) is 136 cm³/mol. The highest BCUT2D eigenvalue weighted by atomic mass is 32.2. The number of benzene rings is 1. The Morgan fingerprint density at radius 2 is 1.74 bits per heavy atom. The molecule has 0 radical (unpaired) electrons. The van der Waals surface area contributed by atoms with Crippen LogP contribution in [-0.2, 0) is 23.0 Å². The van der Waals surface area contributed by atoms with Gasteiger partial charge in [0, 0.05) is 26.0 Å². The number of rotatable bonds is 9. The van der Waals surface area contributed by atoms with Crippen LogP contribution in [0.15, 0.2) is 60.0 Å². The van der Waals surface area contributed by atoms with Crippen LogP contribution in [-0.4, -0.2) is 44.3 Å². The van der Waals surface area contributed by atoms with E-state index in [1.54, 1.807) is 44.0 Å². The molecule has 35 heavy (non-hydrogen) atoms. The Morgan fingerprint density at radius 3 is 2.43 bits per heavy atom. The van der Waals surface area contributed by atoms with Gasteiger partial charge in [-0.3, -0.25) is 15.0 Å². The van der Waals surface area contributed by atoms with E-state index >= 15 is 0 Å². The first-order valence-electron chi connectivity index (χ1n) is 11.8. The molecule has 8 nitrogen and oxygen atoms in total. The zero-order valence-corrected chi connectivity index (χ0v) is 21.7. The molecule has 4 aromatic rings. The molecule has 4 rings (SSSR count). The fourth-order valence-electron chi connectivity index (χ4n) is 4.24. The minimum absolute atomic E-state index is 0.258. The fraction of sp³-hybridized carbons (Fsp3) is 0.385. The maximum atomic E-state index is 13.6. The van der Waals surface area contributed by atoms with Gasteiger partial charge in [-0.1, -0.05) is 32.9 Å². The third-order valence-electron chi connectivity index (χ3n) is 6.22. The second-order valence-electron chi connectivity index (χ2n) is 9.21. The van der Waals surface area contributed by atoms with Crippen molar-refractivity contribution in [2.75, 3.05) is 7.05 Å². The lowest BCUT2D eigenvalue weighted by Gasteiger charge is -2.28. The fourth-order valence-corrected chi connectivity index (χ4v) is 5.58. The van der Waals surface area contributed by atoms with Crippen LogP contribution in [0.5, 0.6) is 0 Å². The molecule has 0 fully saturated rings. The van der Waals surface area contributed by atoms with E-state index in [1.807, 2.05) is 32.0 Å². The molecule has 9 heteroatoms. The summed E-state index contributed by atoms with van der Waals surface area (Å²) in [5, 5.41) is 0. The largest absolute Gasteiger partial charge is 0.324 e. The van der Waals surface area contributed by atoms with Crippen LogP contribution in [0, 0.1) is 12.8 Å². The van der Waals surface area contributed by atoms with Gasteiger partial charge in [0.25, 0.3) is 0 Å². The second kappa shape index (κ2) is 10.2. The van der Waals surface area contributed by atoms with Crippen LogP contribution in [0.4, 0.5) is 0 Å². The van der Waals surface area contributed by atoms with E-state index < -0.39 is 16.1 Å². The summed E-state index contributed by atoms with van der Waals surface area (Å²) in [5.41, 5.74) is 4.37. The number of hydrogen-bond donors (Lipinski definition) is 0. The average Bonchev–Trinajstić information content (AvgIpc) is 3.17. The third-order valence-corrected chi connectivity index (χ3v) is 8.10. The predicted octanol–water partition coefficient (Wildman–Crippen LogP) is 4.55. The summed E-state index contributed by atoms with van der Waals surface area (Å²) in [4.78, 5) is 17.9. The molecule has 184 valence electrons. The van der Waals surface area contributed by atoms with Gasteiger partial charge in [-0.15, -0.1) is 0 Å². The van der Waals surface area contributed by atoms with Gasteiger partial charge in [-0.25, -0.2) is 13.4 Å². The van der Waals surface area contributed by atoms with Crippen molar-refractivity contribution >= 4 is 21.1 Å². The molecule has 0 bridgehead atoms. The van der Waals surface area contributed by atoms with E-state index in [1.165, 1.54) is 4.31 Å². The normalized spacial score (nSPS) is 13.1. The third kappa shape index (κ3) is 5.26. The van der Waals surface area contributed by atoms with Crippen molar-refractivity contribution in [1.29, 1.82) is 0 Å². The van der Waals surface area contributed by atoms with Crippen LogP contribution in [0.2, 0.25) is 0 Å². The summed E-state index contributed by atoms with van der Waals surface area (Å²) < 4.78 is 30.7. The topological polar surface area (TPSA) is 93.9 Å². The van der Waals surface area contributed by atoms with E-state index in [4.69, 9.17) is 0 Å².